The number of hydrogen-bond acceptors (Lipinski definition) is 4. The van der Waals surface area contributed by atoms with Crippen LogP contribution in [0, 0.1) is 0 Å². The first-order chi connectivity index (χ1) is 13.1. The lowest BCUT2D eigenvalue weighted by Gasteiger charge is -2.49. The molecule has 0 radical (unpaired) electrons. The summed E-state index contributed by atoms with van der Waals surface area (Å²) in [6.45, 7) is 3.91. The Morgan fingerprint density at radius 1 is 1.11 bits per heavy atom. The first kappa shape index (κ1) is 19.2. The maximum atomic E-state index is 12.9. The van der Waals surface area contributed by atoms with E-state index in [9.17, 15) is 4.79 Å². The number of nitrogens with zero attached hydrogens (tertiary/aromatic N) is 1. The molecule has 0 saturated carbocycles. The number of carbonyl (C=O) groups excluding carboxylic acids is 1. The zero-order valence-electron chi connectivity index (χ0n) is 16.3. The maximum absolute atomic E-state index is 12.9. The highest BCUT2D eigenvalue weighted by atomic mass is 16.5. The molecule has 2 aromatic rings. The molecule has 27 heavy (non-hydrogen) atoms. The van der Waals surface area contributed by atoms with Gasteiger partial charge >= 0.3 is 0 Å². The number of methoxy groups -OCH3 is 2. The van der Waals surface area contributed by atoms with Gasteiger partial charge in [-0.2, -0.15) is 0 Å². The van der Waals surface area contributed by atoms with Crippen molar-refractivity contribution in [2.24, 2.45) is 0 Å². The minimum atomic E-state index is -0.455. The number of benzene rings is 2. The molecule has 1 fully saturated rings. The lowest BCUT2D eigenvalue weighted by molar-refractivity contribution is -0.135. The molecule has 0 aromatic heterocycles. The van der Waals surface area contributed by atoms with Crippen molar-refractivity contribution < 1.29 is 14.3 Å². The Morgan fingerprint density at radius 3 is 2.48 bits per heavy atom. The number of aryl methyl sites for hydroxylation is 1. The van der Waals surface area contributed by atoms with Crippen LogP contribution in [0.4, 0.5) is 5.69 Å². The van der Waals surface area contributed by atoms with E-state index >= 15 is 0 Å². The molecule has 144 valence electrons. The van der Waals surface area contributed by atoms with E-state index in [1.165, 1.54) is 5.56 Å². The molecule has 1 N–H and O–H groups in total. The van der Waals surface area contributed by atoms with E-state index in [0.29, 0.717) is 11.5 Å². The Kier molecular flexibility index (Phi) is 6.01. The van der Waals surface area contributed by atoms with Crippen molar-refractivity contribution in [3.63, 3.8) is 0 Å². The minimum absolute atomic E-state index is 0.0284. The monoisotopic (exact) mass is 368 g/mol. The molecule has 1 aliphatic rings. The number of likely N-dealkylation sites (tertiary alicyclic amines) is 1. The smallest absolute Gasteiger partial charge is 0.244 e. The molecule has 2 aromatic carbocycles. The SMILES string of the molecule is COc1ccc(NC(=O)C2(C)CCN2CCCc2ccccc2)cc1OC. The quantitative estimate of drug-likeness (QED) is 0.771. The van der Waals surface area contributed by atoms with Crippen molar-refractivity contribution in [3.05, 3.63) is 54.1 Å². The fourth-order valence-corrected chi connectivity index (χ4v) is 3.52. The van der Waals surface area contributed by atoms with E-state index in [2.05, 4.69) is 34.5 Å². The van der Waals surface area contributed by atoms with E-state index in [4.69, 9.17) is 9.47 Å². The Balaban J connectivity index is 1.57. The number of amides is 1. The van der Waals surface area contributed by atoms with Gasteiger partial charge in [0, 0.05) is 18.3 Å². The number of rotatable bonds is 8. The van der Waals surface area contributed by atoms with Crippen LogP contribution in [0.3, 0.4) is 0 Å². The zero-order valence-corrected chi connectivity index (χ0v) is 16.3. The molecule has 1 aliphatic heterocycles. The van der Waals surface area contributed by atoms with Gasteiger partial charge in [-0.25, -0.2) is 0 Å². The maximum Gasteiger partial charge on any atom is 0.244 e. The number of anilines is 1. The van der Waals surface area contributed by atoms with Gasteiger partial charge in [0.15, 0.2) is 11.5 Å². The predicted molar refractivity (Wildman–Crippen MR) is 108 cm³/mol. The van der Waals surface area contributed by atoms with Crippen molar-refractivity contribution in [1.82, 2.24) is 4.90 Å². The van der Waals surface area contributed by atoms with Crippen LogP contribution in [0.5, 0.6) is 11.5 Å². The van der Waals surface area contributed by atoms with Crippen LogP contribution in [0.1, 0.15) is 25.3 Å². The molecule has 1 atom stereocenters. The van der Waals surface area contributed by atoms with E-state index in [1.807, 2.05) is 19.1 Å². The van der Waals surface area contributed by atoms with Crippen LogP contribution in [0.25, 0.3) is 0 Å². The Hall–Kier alpha value is -2.53. The van der Waals surface area contributed by atoms with E-state index in [0.717, 1.165) is 38.0 Å². The first-order valence-corrected chi connectivity index (χ1v) is 9.39. The van der Waals surface area contributed by atoms with E-state index in [-0.39, 0.29) is 5.91 Å². The summed E-state index contributed by atoms with van der Waals surface area (Å²) in [5, 5.41) is 3.03. The van der Waals surface area contributed by atoms with Crippen molar-refractivity contribution in [1.29, 1.82) is 0 Å². The third-order valence-corrected chi connectivity index (χ3v) is 5.43. The molecule has 0 spiro atoms. The molecule has 1 saturated heterocycles. The number of nitrogens with one attached hydrogen (secondary N) is 1. The van der Waals surface area contributed by atoms with Crippen LogP contribution < -0.4 is 14.8 Å². The van der Waals surface area contributed by atoms with Crippen molar-refractivity contribution in [3.8, 4) is 11.5 Å². The van der Waals surface area contributed by atoms with Gasteiger partial charge in [-0.1, -0.05) is 30.3 Å². The molecule has 0 aliphatic carbocycles. The first-order valence-electron chi connectivity index (χ1n) is 9.39. The Bertz CT molecular complexity index is 778. The molecule has 5 nitrogen and oxygen atoms in total. The number of hydrogen-bond donors (Lipinski definition) is 1. The standard InChI is InChI=1S/C22H28N2O3/c1-22(13-15-24(22)14-7-10-17-8-5-4-6-9-17)21(25)23-18-11-12-19(26-2)20(16-18)27-3/h4-6,8-9,11-12,16H,7,10,13-15H2,1-3H3,(H,23,25). The van der Waals surface area contributed by atoms with Gasteiger partial charge in [0.05, 0.1) is 19.8 Å². The van der Waals surface area contributed by atoms with Crippen LogP contribution >= 0.6 is 0 Å². The molecule has 3 rings (SSSR count). The highest BCUT2D eigenvalue weighted by molar-refractivity contribution is 5.98. The summed E-state index contributed by atoms with van der Waals surface area (Å²) in [5.74, 6) is 1.28. The van der Waals surface area contributed by atoms with Crippen molar-refractivity contribution in [2.75, 3.05) is 32.6 Å². The molecular formula is C22H28N2O3. The highest BCUT2D eigenvalue weighted by Gasteiger charge is 2.46. The van der Waals surface area contributed by atoms with Crippen LogP contribution in [-0.4, -0.2) is 43.7 Å². The van der Waals surface area contributed by atoms with Crippen molar-refractivity contribution in [2.45, 2.75) is 31.7 Å². The summed E-state index contributed by atoms with van der Waals surface area (Å²) in [7, 11) is 3.18. The van der Waals surface area contributed by atoms with Gasteiger partial charge in [-0.15, -0.1) is 0 Å². The molecular weight excluding hydrogens is 340 g/mol. The Labute approximate surface area is 161 Å². The van der Waals surface area contributed by atoms with Crippen LogP contribution in [0.2, 0.25) is 0 Å². The normalized spacial score (nSPS) is 19.2. The van der Waals surface area contributed by atoms with E-state index < -0.39 is 5.54 Å². The molecule has 1 heterocycles. The average molecular weight is 368 g/mol. The molecule has 0 bridgehead atoms. The topological polar surface area (TPSA) is 50.8 Å². The molecule has 5 heteroatoms. The summed E-state index contributed by atoms with van der Waals surface area (Å²) >= 11 is 0. The van der Waals surface area contributed by atoms with Crippen LogP contribution in [-0.2, 0) is 11.2 Å². The second kappa shape index (κ2) is 8.44. The third-order valence-electron chi connectivity index (χ3n) is 5.43. The Morgan fingerprint density at radius 2 is 1.85 bits per heavy atom. The summed E-state index contributed by atoms with van der Waals surface area (Å²) < 4.78 is 10.6. The minimum Gasteiger partial charge on any atom is -0.493 e. The van der Waals surface area contributed by atoms with Crippen molar-refractivity contribution >= 4 is 11.6 Å². The number of carbonyl (C=O) groups is 1. The highest BCUT2D eigenvalue weighted by Crippen LogP contribution is 2.34. The number of ether oxygens (including phenoxy) is 2. The fourth-order valence-electron chi connectivity index (χ4n) is 3.52. The zero-order chi connectivity index (χ0) is 19.3. The average Bonchev–Trinajstić information content (AvgIpc) is 2.70. The predicted octanol–water partition coefficient (Wildman–Crippen LogP) is 3.74. The summed E-state index contributed by atoms with van der Waals surface area (Å²) in [4.78, 5) is 15.2. The third kappa shape index (κ3) is 4.25. The molecule has 1 amide bonds. The van der Waals surface area contributed by atoms with Gasteiger partial charge in [-0.3, -0.25) is 9.69 Å². The summed E-state index contributed by atoms with van der Waals surface area (Å²) in [6, 6.07) is 15.9. The second-order valence-corrected chi connectivity index (χ2v) is 7.12. The van der Waals surface area contributed by atoms with Crippen LogP contribution in [0.15, 0.2) is 48.5 Å². The van der Waals surface area contributed by atoms with Gasteiger partial charge < -0.3 is 14.8 Å². The lowest BCUT2D eigenvalue weighted by atomic mass is 9.85. The van der Waals surface area contributed by atoms with Gasteiger partial charge in [-0.05, 0) is 50.4 Å². The molecule has 1 unspecified atom stereocenters. The summed E-state index contributed by atoms with van der Waals surface area (Å²) in [5.41, 5.74) is 1.61. The van der Waals surface area contributed by atoms with Gasteiger partial charge in [0.2, 0.25) is 5.91 Å². The van der Waals surface area contributed by atoms with Gasteiger partial charge in [0.1, 0.15) is 0 Å². The fraction of sp³-hybridized carbons (Fsp3) is 0.409. The largest absolute Gasteiger partial charge is 0.493 e. The second-order valence-electron chi connectivity index (χ2n) is 7.12. The van der Waals surface area contributed by atoms with Gasteiger partial charge in [0.25, 0.3) is 0 Å². The lowest BCUT2D eigenvalue weighted by Crippen LogP contribution is -2.64. The summed E-state index contributed by atoms with van der Waals surface area (Å²) in [6.07, 6.45) is 2.95. The van der Waals surface area contributed by atoms with E-state index in [1.54, 1.807) is 26.4 Å².